The molecule has 2 aromatic heterocycles. The summed E-state index contributed by atoms with van der Waals surface area (Å²) < 4.78 is 35.5. The minimum atomic E-state index is -1.17. The van der Waals surface area contributed by atoms with Crippen molar-refractivity contribution in [2.75, 3.05) is 24.6 Å². The molecule has 250 valence electrons. The Morgan fingerprint density at radius 1 is 1.11 bits per heavy atom. The topological polar surface area (TPSA) is 85.5 Å². The highest BCUT2D eigenvalue weighted by Gasteiger charge is 2.37. The molecule has 2 unspecified atom stereocenters. The number of halogens is 1. The highest BCUT2D eigenvalue weighted by atomic mass is 19.1. The lowest BCUT2D eigenvalue weighted by Crippen LogP contribution is -2.45. The van der Waals surface area contributed by atoms with Gasteiger partial charge in [0.2, 0.25) is 0 Å². The van der Waals surface area contributed by atoms with Crippen LogP contribution in [0.25, 0.3) is 28.0 Å². The van der Waals surface area contributed by atoms with Crippen LogP contribution in [0.3, 0.4) is 0 Å². The van der Waals surface area contributed by atoms with E-state index >= 15 is 0 Å². The zero-order chi connectivity index (χ0) is 33.5. The van der Waals surface area contributed by atoms with Crippen LogP contribution >= 0.6 is 0 Å². The van der Waals surface area contributed by atoms with E-state index in [1.165, 1.54) is 12.1 Å². The van der Waals surface area contributed by atoms with Gasteiger partial charge in [-0.1, -0.05) is 18.2 Å². The lowest BCUT2D eigenvalue weighted by molar-refractivity contribution is -0.160. The Bertz CT molecular complexity index is 1770. The van der Waals surface area contributed by atoms with Gasteiger partial charge in [0.15, 0.2) is 11.8 Å². The maximum Gasteiger partial charge on any atom is 0.337 e. The van der Waals surface area contributed by atoms with Crippen LogP contribution in [0.15, 0.2) is 54.9 Å². The second kappa shape index (κ2) is 12.9. The first-order chi connectivity index (χ1) is 22.3. The summed E-state index contributed by atoms with van der Waals surface area (Å²) in [6.45, 7) is 13.8. The number of benzene rings is 2. The first kappa shape index (κ1) is 33.0. The molecule has 0 spiro atoms. The van der Waals surface area contributed by atoms with E-state index in [0.717, 1.165) is 65.7 Å². The second-order valence-corrected chi connectivity index (χ2v) is 14.3. The molecule has 0 saturated carbocycles. The van der Waals surface area contributed by atoms with Crippen LogP contribution < -0.4 is 9.64 Å². The number of aliphatic carboxylic acids is 1. The number of hydrogen-bond donors (Lipinski definition) is 1. The Hall–Kier alpha value is -3.95. The fraction of sp³-hybridized carbons (Fsp3) is 0.474. The van der Waals surface area contributed by atoms with E-state index in [0.29, 0.717) is 36.7 Å². The van der Waals surface area contributed by atoms with Gasteiger partial charge in [-0.2, -0.15) is 0 Å². The molecule has 0 radical (unpaired) electrons. The molecule has 3 aliphatic heterocycles. The number of aryl methyl sites for hydroxylation is 1. The second-order valence-electron chi connectivity index (χ2n) is 14.3. The molecular formula is C38H46FN3O5. The summed E-state index contributed by atoms with van der Waals surface area (Å²) in [6, 6.07) is 12.7. The van der Waals surface area contributed by atoms with Gasteiger partial charge in [-0.25, -0.2) is 14.2 Å². The molecule has 0 aliphatic carbocycles. The van der Waals surface area contributed by atoms with Crippen LogP contribution in [-0.2, 0) is 14.3 Å². The predicted molar refractivity (Wildman–Crippen MR) is 182 cm³/mol. The predicted octanol–water partition coefficient (Wildman–Crippen LogP) is 8.38. The summed E-state index contributed by atoms with van der Waals surface area (Å²) in [5.74, 6) is -0.872. The number of rotatable bonds is 3. The van der Waals surface area contributed by atoms with Gasteiger partial charge in [-0.15, -0.1) is 0 Å². The van der Waals surface area contributed by atoms with Crippen LogP contribution in [0.4, 0.5) is 10.1 Å². The van der Waals surface area contributed by atoms with Crippen molar-refractivity contribution in [2.45, 2.75) is 97.1 Å². The summed E-state index contributed by atoms with van der Waals surface area (Å²) >= 11 is 0. The summed E-state index contributed by atoms with van der Waals surface area (Å²) in [7, 11) is 0. The minimum Gasteiger partial charge on any atom is -0.490 e. The van der Waals surface area contributed by atoms with Gasteiger partial charge < -0.3 is 28.6 Å². The smallest absolute Gasteiger partial charge is 0.337 e. The molecule has 7 rings (SSSR count). The summed E-state index contributed by atoms with van der Waals surface area (Å²) in [6.07, 6.45) is 6.91. The molecule has 47 heavy (non-hydrogen) atoms. The zero-order valence-corrected chi connectivity index (χ0v) is 28.3. The summed E-state index contributed by atoms with van der Waals surface area (Å²) in [4.78, 5) is 20.3. The Morgan fingerprint density at radius 2 is 1.85 bits per heavy atom. The van der Waals surface area contributed by atoms with Crippen LogP contribution in [0.1, 0.15) is 84.0 Å². The number of carboxylic acid groups (broad SMARTS) is 1. The molecule has 2 aromatic carbocycles. The SMILES string of the molecule is Cc1cn2cc3nc2c(c1C(OC(C)(C)C)C(=O)O)N1CCC(C)(CC1)OCCCCC(C)Oc1cc(F)ccc1-c1cccc-3c1. The Labute approximate surface area is 276 Å². The van der Waals surface area contributed by atoms with E-state index < -0.39 is 17.7 Å². The molecule has 1 saturated heterocycles. The molecule has 1 N–H and O–H groups in total. The quantitative estimate of drug-likeness (QED) is 0.240. The van der Waals surface area contributed by atoms with Gasteiger partial charge in [0.25, 0.3) is 0 Å². The number of fused-ring (bicyclic) bond motifs is 8. The monoisotopic (exact) mass is 643 g/mol. The standard InChI is InChI=1S/C38H46FN3O5/c1-24-22-42-23-30-27-12-9-11-26(20-27)29-14-13-28(39)21-31(29)46-25(2)10-7-8-19-45-38(6)15-17-41(18-16-38)33(35(42)40-30)32(24)34(36(43)44)47-37(3,4)5/h9,11-14,20-23,25,34H,7-8,10,15-19H2,1-6H3,(H,43,44). The zero-order valence-electron chi connectivity index (χ0n) is 28.3. The largest absolute Gasteiger partial charge is 0.490 e. The van der Waals surface area contributed by atoms with E-state index in [1.807, 2.05) is 75.7 Å². The van der Waals surface area contributed by atoms with E-state index in [-0.39, 0.29) is 17.5 Å². The lowest BCUT2D eigenvalue weighted by Gasteiger charge is -2.41. The fourth-order valence-electron chi connectivity index (χ4n) is 6.77. The number of carboxylic acids is 1. The summed E-state index contributed by atoms with van der Waals surface area (Å²) in [5.41, 5.74) is 5.24. The first-order valence-electron chi connectivity index (χ1n) is 16.7. The lowest BCUT2D eigenvalue weighted by atomic mass is 9.91. The molecular weight excluding hydrogens is 597 g/mol. The van der Waals surface area contributed by atoms with Crippen molar-refractivity contribution in [2.24, 2.45) is 0 Å². The number of nitrogens with zero attached hydrogens (tertiary/aromatic N) is 3. The normalized spacial score (nSPS) is 21.3. The molecule has 8 nitrogen and oxygen atoms in total. The molecule has 3 aliphatic rings. The van der Waals surface area contributed by atoms with E-state index in [4.69, 9.17) is 19.2 Å². The third-order valence-corrected chi connectivity index (χ3v) is 9.25. The van der Waals surface area contributed by atoms with Crippen LogP contribution in [0.2, 0.25) is 0 Å². The Kier molecular flexibility index (Phi) is 9.06. The number of imidazole rings is 1. The van der Waals surface area contributed by atoms with Crippen LogP contribution in [0.5, 0.6) is 5.75 Å². The van der Waals surface area contributed by atoms with Gasteiger partial charge in [-0.3, -0.25) is 0 Å². The molecule has 0 amide bonds. The van der Waals surface area contributed by atoms with Gasteiger partial charge in [-0.05, 0) is 103 Å². The number of piperidine rings is 1. The van der Waals surface area contributed by atoms with E-state index in [2.05, 4.69) is 11.8 Å². The average Bonchev–Trinajstić information content (AvgIpc) is 3.43. The number of aromatic nitrogens is 2. The molecule has 9 heteroatoms. The van der Waals surface area contributed by atoms with E-state index in [1.54, 1.807) is 6.07 Å². The van der Waals surface area contributed by atoms with Crippen molar-refractivity contribution in [3.05, 3.63) is 71.8 Å². The maximum absolute atomic E-state index is 14.5. The maximum atomic E-state index is 14.5. The third-order valence-electron chi connectivity index (χ3n) is 9.25. The van der Waals surface area contributed by atoms with Crippen LogP contribution in [0, 0.1) is 12.7 Å². The third kappa shape index (κ3) is 7.16. The number of ether oxygens (including phenoxy) is 3. The first-order valence-corrected chi connectivity index (χ1v) is 16.7. The number of anilines is 1. The van der Waals surface area contributed by atoms with Gasteiger partial charge in [0, 0.05) is 54.8 Å². The Morgan fingerprint density at radius 3 is 2.57 bits per heavy atom. The van der Waals surface area contributed by atoms with Crippen molar-refractivity contribution in [1.29, 1.82) is 0 Å². The number of carbonyl (C=O) groups is 1. The molecule has 4 aromatic rings. The fourth-order valence-corrected chi connectivity index (χ4v) is 6.77. The van der Waals surface area contributed by atoms with Gasteiger partial charge in [0.05, 0.1) is 28.7 Å². The molecule has 6 bridgehead atoms. The van der Waals surface area contributed by atoms with Crippen molar-refractivity contribution < 1.29 is 28.5 Å². The van der Waals surface area contributed by atoms with Crippen molar-refractivity contribution in [3.8, 4) is 28.1 Å². The van der Waals surface area contributed by atoms with E-state index in [9.17, 15) is 14.3 Å². The highest BCUT2D eigenvalue weighted by molar-refractivity contribution is 5.85. The molecule has 5 heterocycles. The van der Waals surface area contributed by atoms with Gasteiger partial charge >= 0.3 is 5.97 Å². The average molecular weight is 644 g/mol. The Balaban J connectivity index is 1.53. The van der Waals surface area contributed by atoms with Crippen molar-refractivity contribution >= 4 is 17.3 Å². The van der Waals surface area contributed by atoms with Crippen LogP contribution in [-0.4, -0.2) is 57.5 Å². The number of pyridine rings is 1. The minimum absolute atomic E-state index is 0.0886. The van der Waals surface area contributed by atoms with Crippen molar-refractivity contribution in [1.82, 2.24) is 9.38 Å². The van der Waals surface area contributed by atoms with Crippen molar-refractivity contribution in [3.63, 3.8) is 0 Å². The highest BCUT2D eigenvalue weighted by Crippen LogP contribution is 2.41. The van der Waals surface area contributed by atoms with Gasteiger partial charge in [0.1, 0.15) is 11.6 Å². The molecule has 1 fully saturated rings. The molecule has 2 atom stereocenters. The summed E-state index contributed by atoms with van der Waals surface area (Å²) in [5, 5.41) is 10.5. The number of hydrogen-bond acceptors (Lipinski definition) is 6.